The van der Waals surface area contributed by atoms with Crippen molar-refractivity contribution in [3.05, 3.63) is 0 Å². The molecule has 0 saturated carbocycles. The fraction of sp³-hybridized carbons (Fsp3) is 1.00. The van der Waals surface area contributed by atoms with Crippen LogP contribution < -0.4 is 0 Å². The van der Waals surface area contributed by atoms with E-state index in [-0.39, 0.29) is 0 Å². The lowest BCUT2D eigenvalue weighted by molar-refractivity contribution is -0.395. The minimum absolute atomic E-state index is 0.478. The van der Waals surface area contributed by atoms with Crippen LogP contribution in [0.2, 0.25) is 0 Å². The van der Waals surface area contributed by atoms with Crippen LogP contribution in [0.1, 0.15) is 0 Å². The zero-order chi connectivity index (χ0) is 30.2. The van der Waals surface area contributed by atoms with Gasteiger partial charge in [-0.25, -0.2) is 0 Å². The molecule has 0 aromatic carbocycles. The largest absolute Gasteiger partial charge is 0.394 e. The second kappa shape index (κ2) is 13.9. The van der Waals surface area contributed by atoms with Gasteiger partial charge in [0.1, 0.15) is 85.5 Å². The lowest BCUT2D eigenvalue weighted by Gasteiger charge is -2.49. The summed E-state index contributed by atoms with van der Waals surface area (Å²) in [5.41, 5.74) is 0. The molecule has 18 atom stereocenters. The fourth-order valence-corrected chi connectivity index (χ4v) is 4.93. The molecule has 4 heterocycles. The second-order valence-corrected chi connectivity index (χ2v) is 10.2. The van der Waals surface area contributed by atoms with E-state index in [1.807, 2.05) is 0 Å². The van der Waals surface area contributed by atoms with Gasteiger partial charge in [-0.15, -0.1) is 0 Å². The monoisotopic (exact) mass is 606 g/mol. The van der Waals surface area contributed by atoms with Crippen molar-refractivity contribution >= 4 is 0 Å². The zero-order valence-electron chi connectivity index (χ0n) is 21.4. The van der Waals surface area contributed by atoms with Crippen molar-refractivity contribution in [1.29, 1.82) is 0 Å². The number of aliphatic hydroxyl groups excluding tert-OH is 12. The highest BCUT2D eigenvalue weighted by molar-refractivity contribution is 4.96. The SMILES string of the molecule is OC[C@H]1O[C@H](O[C@H]2[C@H](O)[C@@H](CO)O[C@H](O)[C@H]2O[C@@H]2OC[C@@H](O)[C@H](O)[C@H]2O)[C@@H](O[C@@H]2OC[C@@H](O)[C@H](O)[C@H]2O)[C@@H](O)[C@@H]1O. The molecule has 41 heavy (non-hydrogen) atoms. The first kappa shape index (κ1) is 33.1. The van der Waals surface area contributed by atoms with Gasteiger partial charge in [0.25, 0.3) is 0 Å². The molecule has 4 aliphatic rings. The normalized spacial score (nSPS) is 53.3. The molecule has 19 heteroatoms. The van der Waals surface area contributed by atoms with E-state index in [0.29, 0.717) is 0 Å². The number of hydrogen-bond acceptors (Lipinski definition) is 19. The third-order valence-electron chi connectivity index (χ3n) is 7.42. The quantitative estimate of drug-likeness (QED) is 0.122. The van der Waals surface area contributed by atoms with Gasteiger partial charge in [-0.3, -0.25) is 0 Å². The van der Waals surface area contributed by atoms with Crippen LogP contribution in [0.5, 0.6) is 0 Å². The summed E-state index contributed by atoms with van der Waals surface area (Å²) in [6, 6.07) is 0. The highest BCUT2D eigenvalue weighted by Gasteiger charge is 2.54. The van der Waals surface area contributed by atoms with Crippen LogP contribution in [0.3, 0.4) is 0 Å². The molecule has 0 aromatic rings. The molecule has 4 saturated heterocycles. The first-order valence-electron chi connectivity index (χ1n) is 12.9. The van der Waals surface area contributed by atoms with Crippen LogP contribution in [0.15, 0.2) is 0 Å². The Bertz CT molecular complexity index is 824. The van der Waals surface area contributed by atoms with Crippen LogP contribution in [0, 0.1) is 0 Å². The van der Waals surface area contributed by atoms with E-state index in [1.54, 1.807) is 0 Å². The second-order valence-electron chi connectivity index (χ2n) is 10.2. The average molecular weight is 607 g/mol. The van der Waals surface area contributed by atoms with E-state index < -0.39 is 137 Å². The summed E-state index contributed by atoms with van der Waals surface area (Å²) in [7, 11) is 0. The van der Waals surface area contributed by atoms with Crippen molar-refractivity contribution < 1.29 is 94.4 Å². The van der Waals surface area contributed by atoms with Gasteiger partial charge < -0.3 is 94.4 Å². The molecular formula is C22H38O19. The average Bonchev–Trinajstić information content (AvgIpc) is 2.95. The summed E-state index contributed by atoms with van der Waals surface area (Å²) in [5, 5.41) is 122. The van der Waals surface area contributed by atoms with E-state index in [1.165, 1.54) is 0 Å². The molecule has 4 aliphatic heterocycles. The summed E-state index contributed by atoms with van der Waals surface area (Å²) in [5.74, 6) is 0. The van der Waals surface area contributed by atoms with Crippen LogP contribution >= 0.6 is 0 Å². The molecule has 12 N–H and O–H groups in total. The van der Waals surface area contributed by atoms with Gasteiger partial charge >= 0.3 is 0 Å². The summed E-state index contributed by atoms with van der Waals surface area (Å²) < 4.78 is 38.0. The predicted molar refractivity (Wildman–Crippen MR) is 122 cm³/mol. The first-order chi connectivity index (χ1) is 19.4. The minimum Gasteiger partial charge on any atom is -0.394 e. The molecule has 19 nitrogen and oxygen atoms in total. The van der Waals surface area contributed by atoms with E-state index >= 15 is 0 Å². The van der Waals surface area contributed by atoms with Crippen LogP contribution in [-0.4, -0.2) is 198 Å². The molecular weight excluding hydrogens is 568 g/mol. The first-order valence-corrected chi connectivity index (χ1v) is 12.9. The van der Waals surface area contributed by atoms with Gasteiger partial charge in [-0.1, -0.05) is 0 Å². The molecule has 4 fully saturated rings. The molecule has 0 radical (unpaired) electrons. The number of ether oxygens (including phenoxy) is 7. The highest BCUT2D eigenvalue weighted by Crippen LogP contribution is 2.34. The third kappa shape index (κ3) is 6.83. The van der Waals surface area contributed by atoms with Crippen molar-refractivity contribution in [2.24, 2.45) is 0 Å². The Morgan fingerprint density at radius 3 is 1.44 bits per heavy atom. The molecule has 0 aromatic heterocycles. The van der Waals surface area contributed by atoms with Crippen LogP contribution in [0.25, 0.3) is 0 Å². The van der Waals surface area contributed by atoms with Gasteiger partial charge in [0.15, 0.2) is 25.2 Å². The van der Waals surface area contributed by atoms with Gasteiger partial charge in [-0.05, 0) is 0 Å². The van der Waals surface area contributed by atoms with Crippen LogP contribution in [0.4, 0.5) is 0 Å². The predicted octanol–water partition coefficient (Wildman–Crippen LogP) is -8.47. The Morgan fingerprint density at radius 2 is 0.927 bits per heavy atom. The molecule has 0 aliphatic carbocycles. The molecule has 0 bridgehead atoms. The molecule has 0 amide bonds. The minimum atomic E-state index is -1.97. The zero-order valence-corrected chi connectivity index (χ0v) is 21.4. The van der Waals surface area contributed by atoms with Gasteiger partial charge in [0, 0.05) is 0 Å². The third-order valence-corrected chi connectivity index (χ3v) is 7.42. The fourth-order valence-electron chi connectivity index (χ4n) is 4.93. The molecule has 240 valence electrons. The number of aliphatic hydroxyl groups is 12. The number of rotatable bonds is 8. The maximum Gasteiger partial charge on any atom is 0.187 e. The van der Waals surface area contributed by atoms with Gasteiger partial charge in [0.2, 0.25) is 0 Å². The van der Waals surface area contributed by atoms with E-state index in [9.17, 15) is 61.3 Å². The smallest absolute Gasteiger partial charge is 0.187 e. The Kier molecular flexibility index (Phi) is 11.2. The van der Waals surface area contributed by atoms with Gasteiger partial charge in [0.05, 0.1) is 26.4 Å². The Labute approximate surface area is 232 Å². The summed E-state index contributed by atoms with van der Waals surface area (Å²) in [6.45, 7) is -2.62. The van der Waals surface area contributed by atoms with Crippen molar-refractivity contribution in [2.45, 2.75) is 111 Å². The lowest BCUT2D eigenvalue weighted by Crippen LogP contribution is -2.67. The maximum atomic E-state index is 10.9. The molecule has 0 unspecified atom stereocenters. The van der Waals surface area contributed by atoms with E-state index in [2.05, 4.69) is 0 Å². The lowest BCUT2D eigenvalue weighted by atomic mass is 9.96. The summed E-state index contributed by atoms with van der Waals surface area (Å²) in [6.07, 6.45) is -30.9. The summed E-state index contributed by atoms with van der Waals surface area (Å²) in [4.78, 5) is 0. The Morgan fingerprint density at radius 1 is 0.463 bits per heavy atom. The van der Waals surface area contributed by atoms with E-state index in [0.717, 1.165) is 0 Å². The highest BCUT2D eigenvalue weighted by atomic mass is 16.8. The van der Waals surface area contributed by atoms with Crippen LogP contribution in [-0.2, 0) is 33.2 Å². The Balaban J connectivity index is 1.59. The molecule has 0 spiro atoms. The Hall–Kier alpha value is -0.760. The topological polar surface area (TPSA) is 307 Å². The summed E-state index contributed by atoms with van der Waals surface area (Å²) >= 11 is 0. The van der Waals surface area contributed by atoms with E-state index in [4.69, 9.17) is 33.2 Å². The van der Waals surface area contributed by atoms with Gasteiger partial charge in [-0.2, -0.15) is 0 Å². The van der Waals surface area contributed by atoms with Crippen molar-refractivity contribution in [3.8, 4) is 0 Å². The maximum absolute atomic E-state index is 10.9. The van der Waals surface area contributed by atoms with Crippen molar-refractivity contribution in [1.82, 2.24) is 0 Å². The number of hydrogen-bond donors (Lipinski definition) is 12. The standard InChI is InChI=1S/C22H38O19/c23-1-7-11(29)13(31)17(40-20-14(32)9(27)5(25)3-35-20)22(38-7)39-16-12(30)8(2-24)37-19(34)18(16)41-21-15(33)10(28)6(26)4-36-21/h5-34H,1-4H2/t5-,6-,7-,8-,9+,10+,11-,12-,13+,14-,15-,16+,17+,18+,19+,20+,21+,22-/m1/s1. The van der Waals surface area contributed by atoms with Crippen molar-refractivity contribution in [2.75, 3.05) is 26.4 Å². The van der Waals surface area contributed by atoms with Crippen molar-refractivity contribution in [3.63, 3.8) is 0 Å². The molecule has 4 rings (SSSR count).